The molecule has 1 N–H and O–H groups in total. The molecule has 0 aliphatic heterocycles. The molecule has 1 aliphatic rings. The molecule has 0 spiro atoms. The van der Waals surface area contributed by atoms with Crippen molar-refractivity contribution in [2.75, 3.05) is 0 Å². The van der Waals surface area contributed by atoms with Gasteiger partial charge in [0.25, 0.3) is 0 Å². The number of aliphatic hydroxyl groups is 1. The molecule has 8 aromatic carbocycles. The second-order valence-corrected chi connectivity index (χ2v) is 19.9. The van der Waals surface area contributed by atoms with Crippen LogP contribution in [-0.4, -0.2) is 108 Å². The van der Waals surface area contributed by atoms with Crippen molar-refractivity contribution in [3.63, 3.8) is 0 Å². The number of benzene rings is 8. The predicted octanol–water partition coefficient (Wildman–Crippen LogP) is -3.36. The molecule has 0 saturated heterocycles. The Bertz CT molecular complexity index is 3670. The molecule has 1 unspecified atom stereocenters. The van der Waals surface area contributed by atoms with Crippen molar-refractivity contribution in [3.8, 4) is 50.2 Å². The SMILES string of the molecule is B=c1c(-c2ccc3c4c(cccc24)-c2ccccc2-3)c2c(B)c(B)c(B)c(B)c2c(-c2ccc3cc(-n4c(C(B)(O)C(B)(B)B)nc5ccccc54)ccc3c2)/c1=C(B)/C(B)=C(/B)C. The monoisotopic (exact) mass is 810 g/mol. The quantitative estimate of drug-likeness (QED) is 0.179. The van der Waals surface area contributed by atoms with E-state index < -0.39 is 10.6 Å². The van der Waals surface area contributed by atoms with Gasteiger partial charge >= 0.3 is 329 Å². The molecule has 0 bridgehead atoms. The van der Waals surface area contributed by atoms with E-state index in [1.807, 2.05) is 26.0 Å². The van der Waals surface area contributed by atoms with E-state index in [0.29, 0.717) is 5.82 Å². The molecule has 1 aliphatic carbocycles. The molecule has 1 atom stereocenters. The van der Waals surface area contributed by atoms with Crippen molar-refractivity contribution in [1.29, 1.82) is 0 Å². The molecule has 10 rings (SSSR count). The molecule has 64 heavy (non-hydrogen) atoms. The van der Waals surface area contributed by atoms with Crippen LogP contribution in [0.4, 0.5) is 0 Å². The fraction of sp³-hybridized carbons (Fsp3) is 0.0612. The predicted molar refractivity (Wildman–Crippen MR) is 310 cm³/mol. The van der Waals surface area contributed by atoms with E-state index >= 15 is 0 Å². The molecule has 3 nitrogen and oxygen atoms in total. The summed E-state index contributed by atoms with van der Waals surface area (Å²) in [5.74, 6) is 0.637. The Morgan fingerprint density at radius 1 is 0.609 bits per heavy atom. The molecular formula is C49H46B12N2O. The molecule has 0 radical (unpaired) electrons. The zero-order chi connectivity index (χ0) is 45.3. The molecular weight excluding hydrogens is 762 g/mol. The summed E-state index contributed by atoms with van der Waals surface area (Å²) < 4.78 is 2.14. The van der Waals surface area contributed by atoms with Gasteiger partial charge in [-0.1, -0.05) is 17.2 Å². The summed E-state index contributed by atoms with van der Waals surface area (Å²) in [6, 6.07) is 42.2. The number of nitrogens with zero attached hydrogens (tertiary/aromatic N) is 2. The van der Waals surface area contributed by atoms with Crippen molar-refractivity contribution in [2.45, 2.75) is 17.5 Å². The van der Waals surface area contributed by atoms with Gasteiger partial charge in [0.05, 0.1) is 23.5 Å². The normalized spacial score (nSPS) is 14.2. The van der Waals surface area contributed by atoms with Crippen LogP contribution in [0.5, 0.6) is 0 Å². The number of allylic oxidation sites excluding steroid dienone is 2. The Hall–Kier alpha value is -5.64. The minimum absolute atomic E-state index is 0.451. The number of rotatable bonds is 6. The van der Waals surface area contributed by atoms with Crippen LogP contribution in [0.15, 0.2) is 126 Å². The third kappa shape index (κ3) is 6.09. The van der Waals surface area contributed by atoms with Crippen LogP contribution in [0, 0.1) is 5.11 Å². The molecule has 9 aromatic rings. The average Bonchev–Trinajstić information content (AvgIpc) is 3.84. The summed E-state index contributed by atoms with van der Waals surface area (Å²) in [6.07, 6.45) is 0. The number of aromatic nitrogens is 2. The summed E-state index contributed by atoms with van der Waals surface area (Å²) in [5.41, 5.74) is 20.8. The van der Waals surface area contributed by atoms with E-state index in [4.69, 9.17) is 12.5 Å². The van der Waals surface area contributed by atoms with E-state index in [9.17, 15) is 5.11 Å². The van der Waals surface area contributed by atoms with Gasteiger partial charge in [-0.05, 0) is 6.07 Å². The topological polar surface area (TPSA) is 38.0 Å². The van der Waals surface area contributed by atoms with E-state index in [2.05, 4.69) is 187 Å². The van der Waals surface area contributed by atoms with Gasteiger partial charge in [0.1, 0.15) is 0 Å². The van der Waals surface area contributed by atoms with Crippen LogP contribution in [-0.2, 0) is 5.50 Å². The van der Waals surface area contributed by atoms with Crippen molar-refractivity contribution < 1.29 is 5.11 Å². The third-order valence-electron chi connectivity index (χ3n) is 15.4. The first kappa shape index (κ1) is 42.3. The average molecular weight is 809 g/mol. The van der Waals surface area contributed by atoms with Crippen LogP contribution in [0.25, 0.3) is 99.0 Å². The van der Waals surface area contributed by atoms with E-state index in [1.165, 1.54) is 110 Å². The van der Waals surface area contributed by atoms with Gasteiger partial charge in [0.15, 0.2) is 7.85 Å². The third-order valence-corrected chi connectivity index (χ3v) is 15.4. The summed E-state index contributed by atoms with van der Waals surface area (Å²) in [6.45, 7) is 2.22. The van der Waals surface area contributed by atoms with Crippen LogP contribution < -0.4 is 27.1 Å². The first-order valence-electron chi connectivity index (χ1n) is 22.7. The number of hydrogen-bond donors (Lipinski definition) is 1. The summed E-state index contributed by atoms with van der Waals surface area (Å²) in [7, 11) is 29.2. The van der Waals surface area contributed by atoms with Crippen LogP contribution in [0.2, 0.25) is 5.11 Å². The zero-order valence-corrected chi connectivity index (χ0v) is 39.5. The number of imidazole rings is 1. The molecule has 294 valence electrons. The number of hydrogen-bond acceptors (Lipinski definition) is 2. The van der Waals surface area contributed by atoms with Gasteiger partial charge in [-0.25, -0.2) is 0 Å². The van der Waals surface area contributed by atoms with Gasteiger partial charge in [-0.3, -0.25) is 0 Å². The van der Waals surface area contributed by atoms with Crippen LogP contribution >= 0.6 is 0 Å². The van der Waals surface area contributed by atoms with Crippen molar-refractivity contribution in [1.82, 2.24) is 9.55 Å². The fourth-order valence-corrected chi connectivity index (χ4v) is 10.6. The van der Waals surface area contributed by atoms with Gasteiger partial charge in [0.2, 0.25) is 0 Å². The standard InChI is InChI=1S/C49H46B12N2O/c1-21(50)40(51)44(55)39-34(24-14-13-23-20-25(16-15-22(23)19-24)63-33-12-5-4-11-32(33)62-47(63)48(58,64)49(59,60)61)37-38(43(54)46(57)45(56)42(37)53)36(41(39)52)31-18-17-30-27-8-3-2-7-26(27)28-9-6-10-29(31)35(28)30/h2-20,52,64H,50-51,53-61H2,1H3/b40-21-,44-39+. The molecule has 0 saturated carbocycles. The number of para-hydroxylation sites is 2. The fourth-order valence-electron chi connectivity index (χ4n) is 10.6. The first-order chi connectivity index (χ1) is 30.4. The Labute approximate surface area is 387 Å². The van der Waals surface area contributed by atoms with Crippen molar-refractivity contribution in [2.24, 2.45) is 0 Å². The van der Waals surface area contributed by atoms with Gasteiger partial charge < -0.3 is 5.11 Å². The summed E-state index contributed by atoms with van der Waals surface area (Å²) >= 11 is 0. The first-order valence-corrected chi connectivity index (χ1v) is 22.7. The van der Waals surface area contributed by atoms with Crippen molar-refractivity contribution in [3.05, 3.63) is 142 Å². The minimum atomic E-state index is -1.19. The van der Waals surface area contributed by atoms with Gasteiger partial charge in [0, 0.05) is 0 Å². The van der Waals surface area contributed by atoms with E-state index in [1.54, 1.807) is 0 Å². The van der Waals surface area contributed by atoms with E-state index in [0.717, 1.165) is 32.6 Å². The molecule has 0 fully saturated rings. The van der Waals surface area contributed by atoms with E-state index in [-0.39, 0.29) is 0 Å². The maximum atomic E-state index is 12.1. The molecule has 0 amide bonds. The van der Waals surface area contributed by atoms with Crippen molar-refractivity contribution >= 4 is 164 Å². The Morgan fingerprint density at radius 2 is 1.19 bits per heavy atom. The Kier molecular flexibility index (Phi) is 9.89. The molecule has 1 heterocycles. The summed E-state index contributed by atoms with van der Waals surface area (Å²) in [4.78, 5) is 5.05. The summed E-state index contributed by atoms with van der Waals surface area (Å²) in [5, 5.41) is 21.3. The second-order valence-electron chi connectivity index (χ2n) is 19.9. The molecule has 15 heteroatoms. The Morgan fingerprint density at radius 3 is 1.86 bits per heavy atom. The number of fused-ring (bicyclic) bond motifs is 6. The second kappa shape index (κ2) is 15.0. The zero-order valence-electron chi connectivity index (χ0n) is 39.5. The van der Waals surface area contributed by atoms with Crippen LogP contribution in [0.1, 0.15) is 12.7 Å². The van der Waals surface area contributed by atoms with Gasteiger partial charge in [-0.2, -0.15) is 0 Å². The molecule has 1 aromatic heterocycles. The maximum absolute atomic E-state index is 12.1. The van der Waals surface area contributed by atoms with Gasteiger partial charge in [-0.15, -0.1) is 0 Å². The van der Waals surface area contributed by atoms with Crippen LogP contribution in [0.3, 0.4) is 0 Å². The Balaban J connectivity index is 1.29.